The van der Waals surface area contributed by atoms with E-state index in [0.717, 1.165) is 5.69 Å². The Labute approximate surface area is 147 Å². The van der Waals surface area contributed by atoms with Crippen LogP contribution in [0, 0.1) is 0 Å². The van der Waals surface area contributed by atoms with Crippen molar-refractivity contribution in [2.45, 2.75) is 25.6 Å². The lowest BCUT2D eigenvalue weighted by atomic mass is 10.2. The molecule has 0 radical (unpaired) electrons. The Morgan fingerprint density at radius 1 is 1.28 bits per heavy atom. The average Bonchev–Trinajstić information content (AvgIpc) is 2.96. The molecule has 2 aromatic heterocycles. The Balaban J connectivity index is 0.00000225. The molecule has 0 atom stereocenters. The Morgan fingerprint density at radius 2 is 2.04 bits per heavy atom. The maximum atomic E-state index is 12.4. The van der Waals surface area contributed by atoms with Crippen molar-refractivity contribution in [3.05, 3.63) is 35.8 Å². The number of aromatic nitrogens is 2. The van der Waals surface area contributed by atoms with Crippen LogP contribution in [0.2, 0.25) is 0 Å². The zero-order chi connectivity index (χ0) is 17.3. The van der Waals surface area contributed by atoms with Crippen molar-refractivity contribution >= 4 is 29.9 Å². The first-order chi connectivity index (χ1) is 11.4. The molecule has 10 heteroatoms. The lowest BCUT2D eigenvalue weighted by Crippen LogP contribution is -2.38. The zero-order valence-corrected chi connectivity index (χ0v) is 13.9. The molecule has 0 unspecified atom stereocenters. The van der Waals surface area contributed by atoms with Gasteiger partial charge < -0.3 is 10.2 Å². The number of unbranched alkanes of at least 4 members (excludes halogenated alkanes) is 1. The molecular weight excluding hydrogens is 361 g/mol. The average molecular weight is 377 g/mol. The van der Waals surface area contributed by atoms with Gasteiger partial charge in [-0.05, 0) is 25.0 Å². The Morgan fingerprint density at radius 3 is 2.76 bits per heavy atom. The van der Waals surface area contributed by atoms with Crippen molar-refractivity contribution < 1.29 is 22.8 Å². The molecule has 2 amide bonds. The molecule has 0 saturated carbocycles. The van der Waals surface area contributed by atoms with Crippen LogP contribution in [0.4, 0.5) is 13.2 Å². The molecule has 0 bridgehead atoms. The lowest BCUT2D eigenvalue weighted by molar-refractivity contribution is -0.173. The second-order valence-corrected chi connectivity index (χ2v) is 5.54. The number of carbonyl (C=O) groups excluding carboxylic acids is 2. The van der Waals surface area contributed by atoms with E-state index in [9.17, 15) is 22.8 Å². The SMILES string of the molecule is Cl.O=C1c2cnc3cccc(n23)CN1CCCCNC(=O)C(F)(F)F. The summed E-state index contributed by atoms with van der Waals surface area (Å²) in [7, 11) is 0. The third-order valence-corrected chi connectivity index (χ3v) is 3.87. The number of imidazole rings is 1. The first-order valence-corrected chi connectivity index (χ1v) is 7.47. The highest BCUT2D eigenvalue weighted by molar-refractivity contribution is 5.94. The highest BCUT2D eigenvalue weighted by atomic mass is 35.5. The van der Waals surface area contributed by atoms with Crippen molar-refractivity contribution in [1.29, 1.82) is 0 Å². The Hall–Kier alpha value is -2.29. The molecule has 1 N–H and O–H groups in total. The summed E-state index contributed by atoms with van der Waals surface area (Å²) < 4.78 is 37.9. The van der Waals surface area contributed by atoms with Crippen molar-refractivity contribution in [3.8, 4) is 0 Å². The Bertz CT molecular complexity index is 791. The summed E-state index contributed by atoms with van der Waals surface area (Å²) in [6, 6.07) is 5.59. The predicted octanol–water partition coefficient (Wildman–Crippen LogP) is 2.17. The molecule has 0 aliphatic carbocycles. The van der Waals surface area contributed by atoms with Crippen LogP contribution in [-0.2, 0) is 11.3 Å². The normalized spacial score (nSPS) is 13.7. The second kappa shape index (κ2) is 7.30. The lowest BCUT2D eigenvalue weighted by Gasteiger charge is -2.27. The third kappa shape index (κ3) is 3.87. The standard InChI is InChI=1S/C15H15F3N4O2.ClH/c16-15(17,18)14(24)19-6-1-2-7-21-9-10-4-3-5-12-20-8-11(13(21)23)22(10)12;/h3-5,8H,1-2,6-7,9H2,(H,19,24);1H. The minimum atomic E-state index is -4.86. The molecule has 0 aromatic carbocycles. The number of pyridine rings is 1. The number of halogens is 4. The van der Waals surface area contributed by atoms with Gasteiger partial charge in [0.2, 0.25) is 0 Å². The topological polar surface area (TPSA) is 66.7 Å². The van der Waals surface area contributed by atoms with E-state index in [0.29, 0.717) is 37.3 Å². The summed E-state index contributed by atoms with van der Waals surface area (Å²) in [5.74, 6) is -2.09. The first kappa shape index (κ1) is 19.0. The van der Waals surface area contributed by atoms with E-state index in [-0.39, 0.29) is 24.9 Å². The van der Waals surface area contributed by atoms with Gasteiger partial charge in [0.15, 0.2) is 0 Å². The fourth-order valence-electron chi connectivity index (χ4n) is 2.72. The molecular formula is C15H16ClF3N4O2. The smallest absolute Gasteiger partial charge is 0.348 e. The predicted molar refractivity (Wildman–Crippen MR) is 85.5 cm³/mol. The van der Waals surface area contributed by atoms with Crippen LogP contribution in [0.3, 0.4) is 0 Å². The van der Waals surface area contributed by atoms with Gasteiger partial charge in [-0.1, -0.05) is 6.07 Å². The van der Waals surface area contributed by atoms with Crippen LogP contribution in [-0.4, -0.2) is 45.4 Å². The van der Waals surface area contributed by atoms with E-state index in [1.807, 2.05) is 27.9 Å². The van der Waals surface area contributed by atoms with Gasteiger partial charge in [-0.25, -0.2) is 4.98 Å². The molecule has 1 aliphatic heterocycles. The van der Waals surface area contributed by atoms with E-state index in [1.54, 1.807) is 4.90 Å². The van der Waals surface area contributed by atoms with Crippen molar-refractivity contribution in [3.63, 3.8) is 0 Å². The number of carbonyl (C=O) groups is 2. The van der Waals surface area contributed by atoms with E-state index in [4.69, 9.17) is 0 Å². The van der Waals surface area contributed by atoms with Crippen molar-refractivity contribution in [2.75, 3.05) is 13.1 Å². The van der Waals surface area contributed by atoms with Gasteiger partial charge in [0.25, 0.3) is 5.91 Å². The quantitative estimate of drug-likeness (QED) is 0.813. The fourth-order valence-corrected chi connectivity index (χ4v) is 2.72. The van der Waals surface area contributed by atoms with Gasteiger partial charge in [-0.15, -0.1) is 12.4 Å². The molecule has 0 saturated heterocycles. The molecule has 136 valence electrons. The molecule has 3 rings (SSSR count). The van der Waals surface area contributed by atoms with Gasteiger partial charge in [0.05, 0.1) is 12.7 Å². The van der Waals surface area contributed by atoms with E-state index in [1.165, 1.54) is 6.20 Å². The largest absolute Gasteiger partial charge is 0.471 e. The monoisotopic (exact) mass is 376 g/mol. The van der Waals surface area contributed by atoms with Gasteiger partial charge >= 0.3 is 12.1 Å². The molecule has 3 heterocycles. The number of hydrogen-bond acceptors (Lipinski definition) is 3. The number of nitrogens with one attached hydrogen (secondary N) is 1. The summed E-state index contributed by atoms with van der Waals surface area (Å²) in [6.45, 7) is 0.755. The maximum absolute atomic E-state index is 12.4. The summed E-state index contributed by atoms with van der Waals surface area (Å²) >= 11 is 0. The molecule has 0 fully saturated rings. The minimum absolute atomic E-state index is 0. The van der Waals surface area contributed by atoms with Gasteiger partial charge in [-0.2, -0.15) is 13.2 Å². The zero-order valence-electron chi connectivity index (χ0n) is 13.0. The van der Waals surface area contributed by atoms with Crippen LogP contribution in [0.1, 0.15) is 29.0 Å². The van der Waals surface area contributed by atoms with E-state index in [2.05, 4.69) is 4.98 Å². The minimum Gasteiger partial charge on any atom is -0.348 e. The second-order valence-electron chi connectivity index (χ2n) is 5.54. The van der Waals surface area contributed by atoms with Gasteiger partial charge in [-0.3, -0.25) is 14.0 Å². The maximum Gasteiger partial charge on any atom is 0.471 e. The van der Waals surface area contributed by atoms with Crippen molar-refractivity contribution in [2.24, 2.45) is 0 Å². The van der Waals surface area contributed by atoms with Crippen LogP contribution < -0.4 is 5.32 Å². The van der Waals surface area contributed by atoms with Crippen LogP contribution in [0.25, 0.3) is 5.65 Å². The highest BCUT2D eigenvalue weighted by Gasteiger charge is 2.38. The summed E-state index contributed by atoms with van der Waals surface area (Å²) in [5, 5.41) is 1.82. The van der Waals surface area contributed by atoms with E-state index >= 15 is 0 Å². The number of rotatable bonds is 5. The van der Waals surface area contributed by atoms with Crippen LogP contribution >= 0.6 is 12.4 Å². The number of alkyl halides is 3. The number of nitrogens with zero attached hydrogens (tertiary/aromatic N) is 3. The summed E-state index contributed by atoms with van der Waals surface area (Å²) in [6.07, 6.45) is -2.49. The molecule has 1 aliphatic rings. The fraction of sp³-hybridized carbons (Fsp3) is 0.400. The number of amides is 2. The van der Waals surface area contributed by atoms with Crippen molar-refractivity contribution in [1.82, 2.24) is 19.6 Å². The van der Waals surface area contributed by atoms with E-state index < -0.39 is 12.1 Å². The highest BCUT2D eigenvalue weighted by Crippen LogP contribution is 2.20. The molecule has 2 aromatic rings. The summed E-state index contributed by atoms with van der Waals surface area (Å²) in [5.41, 5.74) is 2.13. The first-order valence-electron chi connectivity index (χ1n) is 7.47. The van der Waals surface area contributed by atoms with Gasteiger partial charge in [0.1, 0.15) is 11.3 Å². The Kier molecular flexibility index (Phi) is 5.56. The van der Waals surface area contributed by atoms with Crippen LogP contribution in [0.15, 0.2) is 24.4 Å². The molecule has 0 spiro atoms. The summed E-state index contributed by atoms with van der Waals surface area (Å²) in [4.78, 5) is 28.9. The van der Waals surface area contributed by atoms with Crippen LogP contribution in [0.5, 0.6) is 0 Å². The molecule has 6 nitrogen and oxygen atoms in total. The van der Waals surface area contributed by atoms with Gasteiger partial charge in [0, 0.05) is 18.8 Å². The number of hydrogen-bond donors (Lipinski definition) is 1. The third-order valence-electron chi connectivity index (χ3n) is 3.87. The molecule has 25 heavy (non-hydrogen) atoms.